The van der Waals surface area contributed by atoms with Crippen molar-refractivity contribution in [3.63, 3.8) is 0 Å². The predicted molar refractivity (Wildman–Crippen MR) is 95.3 cm³/mol. The Balaban J connectivity index is 1.72. The van der Waals surface area contributed by atoms with Gasteiger partial charge in [-0.15, -0.1) is 0 Å². The smallest absolute Gasteiger partial charge is 0.410 e. The van der Waals surface area contributed by atoms with E-state index in [1.807, 2.05) is 50.7 Å². The van der Waals surface area contributed by atoms with E-state index in [1.54, 1.807) is 6.07 Å². The van der Waals surface area contributed by atoms with Crippen LogP contribution in [0, 0.1) is 0 Å². The predicted octanol–water partition coefficient (Wildman–Crippen LogP) is 2.91. The fourth-order valence-corrected chi connectivity index (χ4v) is 2.99. The van der Waals surface area contributed by atoms with E-state index in [-0.39, 0.29) is 5.91 Å². The lowest BCUT2D eigenvalue weighted by atomic mass is 10.2. The minimum Gasteiger partial charge on any atom is -0.444 e. The second kappa shape index (κ2) is 6.38. The molecule has 134 valence electrons. The Kier molecular flexibility index (Phi) is 4.41. The summed E-state index contributed by atoms with van der Waals surface area (Å²) in [6, 6.07) is 5.13. The standard InChI is InChI=1S/C18H24N4O3/c1-18(2,3)25-17(24)22-10-5-6-13(22)16(23)20-14-8-7-12-9-11-21(4)15(12)19-14/h7-9,11,13H,5-6,10H2,1-4H3,(H,19,20,23)/t13-/m0/s1. The molecule has 1 N–H and O–H groups in total. The normalized spacial score (nSPS) is 17.8. The van der Waals surface area contributed by atoms with E-state index < -0.39 is 17.7 Å². The molecule has 3 heterocycles. The molecule has 25 heavy (non-hydrogen) atoms. The molecule has 0 bridgehead atoms. The topological polar surface area (TPSA) is 76.5 Å². The van der Waals surface area contributed by atoms with E-state index in [0.29, 0.717) is 18.8 Å². The van der Waals surface area contributed by atoms with Crippen LogP contribution in [0.2, 0.25) is 0 Å². The Bertz CT molecular complexity index is 806. The summed E-state index contributed by atoms with van der Waals surface area (Å²) in [5, 5.41) is 3.84. The number of hydrogen-bond donors (Lipinski definition) is 1. The lowest BCUT2D eigenvalue weighted by Crippen LogP contribution is -2.45. The van der Waals surface area contributed by atoms with Crippen LogP contribution in [0.15, 0.2) is 24.4 Å². The SMILES string of the molecule is Cn1ccc2ccc(NC(=O)[C@@H]3CCCN3C(=O)OC(C)(C)C)nc21. The first-order valence-corrected chi connectivity index (χ1v) is 8.47. The molecular weight excluding hydrogens is 320 g/mol. The summed E-state index contributed by atoms with van der Waals surface area (Å²) in [6.07, 6.45) is 2.87. The van der Waals surface area contributed by atoms with Crippen molar-refractivity contribution >= 4 is 28.9 Å². The third-order valence-corrected chi connectivity index (χ3v) is 4.15. The number of amides is 2. The molecule has 1 atom stereocenters. The molecule has 0 unspecified atom stereocenters. The number of nitrogens with zero attached hydrogens (tertiary/aromatic N) is 3. The average Bonchev–Trinajstić information content (AvgIpc) is 3.13. The molecule has 2 amide bonds. The van der Waals surface area contributed by atoms with Crippen molar-refractivity contribution in [3.8, 4) is 0 Å². The monoisotopic (exact) mass is 344 g/mol. The van der Waals surface area contributed by atoms with Gasteiger partial charge in [0.1, 0.15) is 23.1 Å². The van der Waals surface area contributed by atoms with Crippen molar-refractivity contribution < 1.29 is 14.3 Å². The molecule has 0 radical (unpaired) electrons. The molecule has 0 spiro atoms. The molecule has 1 aliphatic rings. The minimum absolute atomic E-state index is 0.232. The van der Waals surface area contributed by atoms with Crippen LogP contribution in [0.3, 0.4) is 0 Å². The van der Waals surface area contributed by atoms with Gasteiger partial charge in [0.2, 0.25) is 5.91 Å². The van der Waals surface area contributed by atoms with Gasteiger partial charge in [0, 0.05) is 25.2 Å². The number of rotatable bonds is 2. The summed E-state index contributed by atoms with van der Waals surface area (Å²) in [4.78, 5) is 30.9. The summed E-state index contributed by atoms with van der Waals surface area (Å²) >= 11 is 0. The summed E-state index contributed by atoms with van der Waals surface area (Å²) in [5.41, 5.74) is 0.216. The zero-order chi connectivity index (χ0) is 18.2. The number of aryl methyl sites for hydroxylation is 1. The van der Waals surface area contributed by atoms with Gasteiger partial charge in [-0.3, -0.25) is 9.69 Å². The zero-order valence-corrected chi connectivity index (χ0v) is 15.1. The largest absolute Gasteiger partial charge is 0.444 e. The maximum absolute atomic E-state index is 12.6. The molecule has 7 heteroatoms. The number of carbonyl (C=O) groups excluding carboxylic acids is 2. The highest BCUT2D eigenvalue weighted by Crippen LogP contribution is 2.22. The van der Waals surface area contributed by atoms with Crippen LogP contribution in [0.1, 0.15) is 33.6 Å². The first-order chi connectivity index (χ1) is 11.7. The summed E-state index contributed by atoms with van der Waals surface area (Å²) < 4.78 is 7.30. The second-order valence-electron chi connectivity index (χ2n) is 7.36. The molecule has 3 rings (SSSR count). The highest BCUT2D eigenvalue weighted by Gasteiger charge is 2.36. The first kappa shape index (κ1) is 17.3. The molecule has 2 aromatic rings. The number of pyridine rings is 1. The lowest BCUT2D eigenvalue weighted by Gasteiger charge is -2.27. The van der Waals surface area contributed by atoms with Gasteiger partial charge in [-0.1, -0.05) is 0 Å². The van der Waals surface area contributed by atoms with Crippen LogP contribution >= 0.6 is 0 Å². The van der Waals surface area contributed by atoms with Crippen molar-refractivity contribution in [2.75, 3.05) is 11.9 Å². The quantitative estimate of drug-likeness (QED) is 0.909. The van der Waals surface area contributed by atoms with Crippen LogP contribution in [-0.2, 0) is 16.6 Å². The maximum atomic E-state index is 12.6. The molecule has 2 aromatic heterocycles. The lowest BCUT2D eigenvalue weighted by molar-refractivity contribution is -0.120. The minimum atomic E-state index is -0.584. The fraction of sp³-hybridized carbons (Fsp3) is 0.500. The van der Waals surface area contributed by atoms with Gasteiger partial charge < -0.3 is 14.6 Å². The van der Waals surface area contributed by atoms with Crippen molar-refractivity contribution in [3.05, 3.63) is 24.4 Å². The highest BCUT2D eigenvalue weighted by atomic mass is 16.6. The molecule has 1 aliphatic heterocycles. The van der Waals surface area contributed by atoms with Gasteiger partial charge in [-0.25, -0.2) is 9.78 Å². The summed E-state index contributed by atoms with van der Waals surface area (Å²) in [5.74, 6) is 0.250. The van der Waals surface area contributed by atoms with Gasteiger partial charge >= 0.3 is 6.09 Å². The molecule has 1 saturated heterocycles. The number of anilines is 1. The Morgan fingerprint density at radius 1 is 1.28 bits per heavy atom. The van der Waals surface area contributed by atoms with E-state index in [9.17, 15) is 9.59 Å². The number of likely N-dealkylation sites (tertiary alicyclic amines) is 1. The zero-order valence-electron chi connectivity index (χ0n) is 15.1. The Morgan fingerprint density at radius 3 is 2.76 bits per heavy atom. The van der Waals surface area contributed by atoms with Crippen LogP contribution < -0.4 is 5.32 Å². The van der Waals surface area contributed by atoms with Crippen molar-refractivity contribution in [1.82, 2.24) is 14.5 Å². The molecule has 0 aromatic carbocycles. The number of fused-ring (bicyclic) bond motifs is 1. The molecule has 7 nitrogen and oxygen atoms in total. The Labute approximate surface area is 147 Å². The van der Waals surface area contributed by atoms with E-state index in [4.69, 9.17) is 4.74 Å². The molecular formula is C18H24N4O3. The van der Waals surface area contributed by atoms with E-state index in [2.05, 4.69) is 10.3 Å². The first-order valence-electron chi connectivity index (χ1n) is 8.47. The van der Waals surface area contributed by atoms with Crippen molar-refractivity contribution in [2.45, 2.75) is 45.3 Å². The van der Waals surface area contributed by atoms with Crippen molar-refractivity contribution in [1.29, 1.82) is 0 Å². The average molecular weight is 344 g/mol. The van der Waals surface area contributed by atoms with Gasteiger partial charge in [0.25, 0.3) is 0 Å². The number of carbonyl (C=O) groups is 2. The van der Waals surface area contributed by atoms with Gasteiger partial charge in [0.05, 0.1) is 0 Å². The van der Waals surface area contributed by atoms with Crippen LogP contribution in [0.25, 0.3) is 11.0 Å². The van der Waals surface area contributed by atoms with Crippen LogP contribution in [0.4, 0.5) is 10.6 Å². The number of aromatic nitrogens is 2. The molecule has 0 saturated carbocycles. The van der Waals surface area contributed by atoms with Gasteiger partial charge in [-0.05, 0) is 51.8 Å². The second-order valence-corrected chi connectivity index (χ2v) is 7.36. The third-order valence-electron chi connectivity index (χ3n) is 4.15. The highest BCUT2D eigenvalue weighted by molar-refractivity contribution is 5.97. The van der Waals surface area contributed by atoms with Crippen LogP contribution in [-0.4, -0.2) is 44.6 Å². The van der Waals surface area contributed by atoms with E-state index in [1.165, 1.54) is 4.90 Å². The number of ether oxygens (including phenoxy) is 1. The molecule has 1 fully saturated rings. The molecule has 0 aliphatic carbocycles. The summed E-state index contributed by atoms with van der Waals surface area (Å²) in [6.45, 7) is 5.97. The summed E-state index contributed by atoms with van der Waals surface area (Å²) in [7, 11) is 1.90. The van der Waals surface area contributed by atoms with Gasteiger partial charge in [-0.2, -0.15) is 0 Å². The Hall–Kier alpha value is -2.57. The van der Waals surface area contributed by atoms with Crippen molar-refractivity contribution in [2.24, 2.45) is 7.05 Å². The van der Waals surface area contributed by atoms with Crippen LogP contribution in [0.5, 0.6) is 0 Å². The Morgan fingerprint density at radius 2 is 2.04 bits per heavy atom. The number of nitrogens with one attached hydrogen (secondary N) is 1. The number of hydrogen-bond acceptors (Lipinski definition) is 4. The third kappa shape index (κ3) is 3.75. The maximum Gasteiger partial charge on any atom is 0.410 e. The van der Waals surface area contributed by atoms with E-state index in [0.717, 1.165) is 17.5 Å². The van der Waals surface area contributed by atoms with E-state index >= 15 is 0 Å². The fourth-order valence-electron chi connectivity index (χ4n) is 2.99. The van der Waals surface area contributed by atoms with Gasteiger partial charge in [0.15, 0.2) is 0 Å².